The number of carbonyl (C=O) groups excluding carboxylic acids is 1. The van der Waals surface area contributed by atoms with E-state index in [2.05, 4.69) is 10.3 Å². The Bertz CT molecular complexity index is 1100. The molecule has 2 heterocycles. The summed E-state index contributed by atoms with van der Waals surface area (Å²) in [4.78, 5) is 29.7. The predicted octanol–water partition coefficient (Wildman–Crippen LogP) is 4.08. The van der Waals surface area contributed by atoms with Crippen molar-refractivity contribution in [1.29, 1.82) is 0 Å². The van der Waals surface area contributed by atoms with Crippen molar-refractivity contribution in [3.05, 3.63) is 87.7 Å². The Kier molecular flexibility index (Phi) is 4.59. The monoisotopic (exact) mass is 390 g/mol. The van der Waals surface area contributed by atoms with Crippen LogP contribution in [-0.2, 0) is 0 Å². The lowest BCUT2D eigenvalue weighted by molar-refractivity contribution is -0.384. The first-order valence-electron chi connectivity index (χ1n) is 8.93. The van der Waals surface area contributed by atoms with Crippen molar-refractivity contribution in [2.24, 2.45) is 0 Å². The molecule has 29 heavy (non-hydrogen) atoms. The van der Waals surface area contributed by atoms with E-state index < -0.39 is 11.1 Å². The van der Waals surface area contributed by atoms with Crippen LogP contribution in [0.15, 0.2) is 60.8 Å². The summed E-state index contributed by atoms with van der Waals surface area (Å²) >= 11 is 0. The molecule has 1 N–H and O–H groups in total. The minimum Gasteiger partial charge on any atom is -0.497 e. The number of hydrogen-bond acceptors (Lipinski definition) is 6. The Morgan fingerprint density at radius 1 is 1.17 bits per heavy atom. The number of hydrogen-bond donors (Lipinski definition) is 1. The molecular formula is C21H18N4O4. The highest BCUT2D eigenvalue weighted by molar-refractivity contribution is 6.11. The Hall–Kier alpha value is -3.94. The maximum Gasteiger partial charge on any atom is 0.269 e. The van der Waals surface area contributed by atoms with Gasteiger partial charge in [-0.15, -0.1) is 0 Å². The van der Waals surface area contributed by atoms with Gasteiger partial charge in [-0.25, -0.2) is 0 Å². The van der Waals surface area contributed by atoms with Crippen molar-refractivity contribution in [2.75, 3.05) is 17.3 Å². The van der Waals surface area contributed by atoms with Crippen LogP contribution < -0.4 is 15.0 Å². The maximum atomic E-state index is 13.1. The summed E-state index contributed by atoms with van der Waals surface area (Å²) in [5.74, 6) is 0.516. The van der Waals surface area contributed by atoms with Gasteiger partial charge in [0.15, 0.2) is 6.17 Å². The minimum absolute atomic E-state index is 0.0149. The quantitative estimate of drug-likeness (QED) is 0.521. The SMILES string of the molecule is COc1ccc(N2C(=O)c3cccnc3[C@@H]2Nc2ccc([N+](=O)[O-])cc2C)cc1. The molecule has 146 valence electrons. The number of aryl methyl sites for hydroxylation is 1. The van der Waals surface area contributed by atoms with E-state index in [1.54, 1.807) is 67.6 Å². The van der Waals surface area contributed by atoms with E-state index in [9.17, 15) is 14.9 Å². The molecule has 1 aromatic heterocycles. The molecule has 1 aliphatic rings. The summed E-state index contributed by atoms with van der Waals surface area (Å²) in [5, 5.41) is 14.3. The standard InChI is InChI=1S/C21H18N4O4/c1-13-12-15(25(27)28)7-10-18(13)23-20-19-17(4-3-11-22-19)21(26)24(20)14-5-8-16(29-2)9-6-14/h3-12,20,23H,1-2H3/t20-/m1/s1. The third kappa shape index (κ3) is 3.25. The minimum atomic E-state index is -0.549. The lowest BCUT2D eigenvalue weighted by Crippen LogP contribution is -2.32. The Balaban J connectivity index is 1.75. The molecule has 4 rings (SSSR count). The molecule has 0 unspecified atom stereocenters. The summed E-state index contributed by atoms with van der Waals surface area (Å²) in [5.41, 5.74) is 3.20. The Morgan fingerprint density at radius 3 is 2.59 bits per heavy atom. The number of ether oxygens (including phenoxy) is 1. The van der Waals surface area contributed by atoms with Gasteiger partial charge in [-0.1, -0.05) is 0 Å². The van der Waals surface area contributed by atoms with Crippen molar-refractivity contribution in [2.45, 2.75) is 13.1 Å². The molecule has 0 radical (unpaired) electrons. The van der Waals surface area contributed by atoms with Crippen LogP contribution in [0.2, 0.25) is 0 Å². The van der Waals surface area contributed by atoms with Gasteiger partial charge in [-0.2, -0.15) is 0 Å². The van der Waals surface area contributed by atoms with E-state index in [4.69, 9.17) is 4.74 Å². The van der Waals surface area contributed by atoms with Gasteiger partial charge >= 0.3 is 0 Å². The van der Waals surface area contributed by atoms with Crippen LogP contribution in [0.4, 0.5) is 17.1 Å². The van der Waals surface area contributed by atoms with Crippen LogP contribution in [0, 0.1) is 17.0 Å². The summed E-state index contributed by atoms with van der Waals surface area (Å²) in [7, 11) is 1.58. The molecule has 2 aromatic carbocycles. The summed E-state index contributed by atoms with van der Waals surface area (Å²) in [6, 6.07) is 15.2. The number of pyridine rings is 1. The molecule has 3 aromatic rings. The molecular weight excluding hydrogens is 372 g/mol. The van der Waals surface area contributed by atoms with Crippen molar-refractivity contribution in [1.82, 2.24) is 4.98 Å². The second-order valence-corrected chi connectivity index (χ2v) is 6.61. The highest BCUT2D eigenvalue weighted by Crippen LogP contribution is 2.38. The van der Waals surface area contributed by atoms with E-state index in [0.29, 0.717) is 33.9 Å². The molecule has 1 atom stereocenters. The van der Waals surface area contributed by atoms with Gasteiger partial charge in [-0.05, 0) is 55.0 Å². The number of anilines is 2. The van der Waals surface area contributed by atoms with Crippen molar-refractivity contribution in [3.8, 4) is 5.75 Å². The average molecular weight is 390 g/mol. The number of non-ortho nitro benzene ring substituents is 1. The number of nitrogens with one attached hydrogen (secondary N) is 1. The number of nitrogens with zero attached hydrogens (tertiary/aromatic N) is 3. The van der Waals surface area contributed by atoms with E-state index >= 15 is 0 Å². The molecule has 0 bridgehead atoms. The number of aromatic nitrogens is 1. The largest absolute Gasteiger partial charge is 0.497 e. The molecule has 8 nitrogen and oxygen atoms in total. The van der Waals surface area contributed by atoms with Crippen LogP contribution in [0.25, 0.3) is 0 Å². The van der Waals surface area contributed by atoms with E-state index in [1.165, 1.54) is 12.1 Å². The summed E-state index contributed by atoms with van der Waals surface area (Å²) in [6.45, 7) is 1.78. The molecule has 8 heteroatoms. The predicted molar refractivity (Wildman–Crippen MR) is 108 cm³/mol. The first-order valence-corrected chi connectivity index (χ1v) is 8.93. The van der Waals surface area contributed by atoms with Crippen molar-refractivity contribution in [3.63, 3.8) is 0 Å². The molecule has 0 saturated heterocycles. The molecule has 0 saturated carbocycles. The number of benzene rings is 2. The van der Waals surface area contributed by atoms with Crippen LogP contribution >= 0.6 is 0 Å². The first kappa shape index (κ1) is 18.4. The second-order valence-electron chi connectivity index (χ2n) is 6.61. The zero-order chi connectivity index (χ0) is 20.5. The van der Waals surface area contributed by atoms with Gasteiger partial charge in [0.2, 0.25) is 0 Å². The van der Waals surface area contributed by atoms with Gasteiger partial charge in [0.25, 0.3) is 11.6 Å². The third-order valence-corrected chi connectivity index (χ3v) is 4.87. The average Bonchev–Trinajstić information content (AvgIpc) is 3.01. The first-order chi connectivity index (χ1) is 14.0. The van der Waals surface area contributed by atoms with Gasteiger partial charge in [0, 0.05) is 29.7 Å². The zero-order valence-corrected chi connectivity index (χ0v) is 15.8. The fraction of sp³-hybridized carbons (Fsp3) is 0.143. The Morgan fingerprint density at radius 2 is 1.93 bits per heavy atom. The topological polar surface area (TPSA) is 97.6 Å². The number of rotatable bonds is 5. The third-order valence-electron chi connectivity index (χ3n) is 4.87. The summed E-state index contributed by atoms with van der Waals surface area (Å²) < 4.78 is 5.20. The van der Waals surface area contributed by atoms with Gasteiger partial charge in [0.1, 0.15) is 5.75 Å². The second kappa shape index (κ2) is 7.23. The van der Waals surface area contributed by atoms with Crippen molar-refractivity contribution < 1.29 is 14.5 Å². The van der Waals surface area contributed by atoms with Crippen LogP contribution in [0.1, 0.15) is 27.8 Å². The lowest BCUT2D eigenvalue weighted by atomic mass is 10.1. The van der Waals surface area contributed by atoms with Crippen LogP contribution in [0.3, 0.4) is 0 Å². The summed E-state index contributed by atoms with van der Waals surface area (Å²) in [6.07, 6.45) is 1.09. The molecule has 1 aliphatic heterocycles. The fourth-order valence-corrected chi connectivity index (χ4v) is 3.40. The van der Waals surface area contributed by atoms with Crippen LogP contribution in [0.5, 0.6) is 5.75 Å². The van der Waals surface area contributed by atoms with E-state index in [1.807, 2.05) is 0 Å². The van der Waals surface area contributed by atoms with E-state index in [-0.39, 0.29) is 11.6 Å². The number of fused-ring (bicyclic) bond motifs is 1. The maximum absolute atomic E-state index is 13.1. The van der Waals surface area contributed by atoms with Gasteiger partial charge in [0.05, 0.1) is 23.3 Å². The molecule has 0 fully saturated rings. The number of methoxy groups -OCH3 is 1. The van der Waals surface area contributed by atoms with Gasteiger partial charge in [-0.3, -0.25) is 24.8 Å². The smallest absolute Gasteiger partial charge is 0.269 e. The number of amides is 1. The van der Waals surface area contributed by atoms with Crippen molar-refractivity contribution >= 4 is 23.0 Å². The Labute approximate surface area is 166 Å². The highest BCUT2D eigenvalue weighted by atomic mass is 16.6. The van der Waals surface area contributed by atoms with Gasteiger partial charge < -0.3 is 10.1 Å². The van der Waals surface area contributed by atoms with Crippen LogP contribution in [-0.4, -0.2) is 22.9 Å². The number of carbonyl (C=O) groups is 1. The lowest BCUT2D eigenvalue weighted by Gasteiger charge is -2.27. The molecule has 0 aliphatic carbocycles. The van der Waals surface area contributed by atoms with E-state index in [0.717, 1.165) is 0 Å². The normalized spacial score (nSPS) is 15.2. The zero-order valence-electron chi connectivity index (χ0n) is 15.8. The number of nitro benzene ring substituents is 1. The highest BCUT2D eigenvalue weighted by Gasteiger charge is 2.39. The fourth-order valence-electron chi connectivity index (χ4n) is 3.40. The number of nitro groups is 1. The molecule has 0 spiro atoms. The molecule has 1 amide bonds.